The number of anilines is 2. The van der Waals surface area contributed by atoms with Gasteiger partial charge in [0.25, 0.3) is 5.69 Å². The normalized spacial score (nSPS) is 16.4. The van der Waals surface area contributed by atoms with Crippen molar-refractivity contribution >= 4 is 40.3 Å². The van der Waals surface area contributed by atoms with Crippen molar-refractivity contribution in [3.8, 4) is 11.4 Å². The molecule has 0 radical (unpaired) electrons. The largest absolute Gasteiger partial charge is 0.495 e. The summed E-state index contributed by atoms with van der Waals surface area (Å²) < 4.78 is 12.4. The number of carbonyl (C=O) groups excluding carboxylic acids is 1. The lowest BCUT2D eigenvalue weighted by atomic mass is 10.0. The number of nitrogens with zero attached hydrogens (tertiary/aromatic N) is 4. The number of thiocarbonyl (C=S) groups is 1. The van der Waals surface area contributed by atoms with Gasteiger partial charge in [0.1, 0.15) is 18.4 Å². The molecule has 1 amide bonds. The molecule has 2 atom stereocenters. The van der Waals surface area contributed by atoms with Crippen LogP contribution in [0.2, 0.25) is 0 Å². The molecule has 0 saturated carbocycles. The van der Waals surface area contributed by atoms with Crippen LogP contribution < -0.4 is 20.3 Å². The summed E-state index contributed by atoms with van der Waals surface area (Å²) in [5.74, 6) is 0.161. The van der Waals surface area contributed by atoms with Crippen molar-refractivity contribution in [3.05, 3.63) is 107 Å². The van der Waals surface area contributed by atoms with Crippen LogP contribution in [0.25, 0.3) is 5.69 Å². The molecule has 4 aromatic rings. The van der Waals surface area contributed by atoms with Gasteiger partial charge in [-0.3, -0.25) is 19.9 Å². The second kappa shape index (κ2) is 11.5. The SMILES string of the molecule is COCC(=O)Nc1cc(N2C(=S)N[C@@H](c3ccccn3)[C@H]2c2cccn2-c2ccc([N+](=O)[O-])cc2)ccc1OC. The summed E-state index contributed by atoms with van der Waals surface area (Å²) in [6.45, 7) is -0.107. The molecule has 2 N–H and O–H groups in total. The summed E-state index contributed by atoms with van der Waals surface area (Å²) in [5.41, 5.74) is 3.61. The quantitative estimate of drug-likeness (QED) is 0.173. The number of hydrogen-bond donors (Lipinski definition) is 2. The number of methoxy groups -OCH3 is 2. The number of carbonyl (C=O) groups is 1. The number of pyridine rings is 1. The molecule has 0 unspecified atom stereocenters. The molecule has 1 aliphatic heterocycles. The van der Waals surface area contributed by atoms with Gasteiger partial charge in [0.05, 0.1) is 29.5 Å². The highest BCUT2D eigenvalue weighted by Gasteiger charge is 2.42. The van der Waals surface area contributed by atoms with Gasteiger partial charge in [-0.15, -0.1) is 0 Å². The third-order valence-corrected chi connectivity index (χ3v) is 6.85. The number of nitrogens with one attached hydrogen (secondary N) is 2. The first kappa shape index (κ1) is 26.8. The summed E-state index contributed by atoms with van der Waals surface area (Å²) in [6, 6.07) is 20.7. The Bertz CT molecular complexity index is 1540. The number of ether oxygens (including phenoxy) is 2. The number of non-ortho nitro benzene ring substituents is 1. The third kappa shape index (κ3) is 5.22. The van der Waals surface area contributed by atoms with Crippen LogP contribution in [0.5, 0.6) is 5.75 Å². The fourth-order valence-corrected chi connectivity index (χ4v) is 5.15. The minimum Gasteiger partial charge on any atom is -0.495 e. The van der Waals surface area contributed by atoms with E-state index in [1.165, 1.54) is 26.4 Å². The molecule has 1 aliphatic rings. The van der Waals surface area contributed by atoms with E-state index in [9.17, 15) is 14.9 Å². The number of hydrogen-bond acceptors (Lipinski definition) is 7. The van der Waals surface area contributed by atoms with Crippen molar-refractivity contribution in [1.29, 1.82) is 0 Å². The molecule has 204 valence electrons. The highest BCUT2D eigenvalue weighted by molar-refractivity contribution is 7.80. The molecule has 0 spiro atoms. The van der Waals surface area contributed by atoms with Crippen LogP contribution in [0.3, 0.4) is 0 Å². The van der Waals surface area contributed by atoms with Crippen LogP contribution in [0.4, 0.5) is 17.1 Å². The Labute approximate surface area is 235 Å². The van der Waals surface area contributed by atoms with Gasteiger partial charge in [-0.2, -0.15) is 0 Å². The van der Waals surface area contributed by atoms with Crippen molar-refractivity contribution in [1.82, 2.24) is 14.9 Å². The second-order valence-corrected chi connectivity index (χ2v) is 9.33. The summed E-state index contributed by atoms with van der Waals surface area (Å²) >= 11 is 5.85. The summed E-state index contributed by atoms with van der Waals surface area (Å²) in [7, 11) is 2.98. The third-order valence-electron chi connectivity index (χ3n) is 6.53. The van der Waals surface area contributed by atoms with Crippen molar-refractivity contribution in [2.45, 2.75) is 12.1 Å². The van der Waals surface area contributed by atoms with Crippen molar-refractivity contribution in [2.75, 3.05) is 31.0 Å². The zero-order chi connectivity index (χ0) is 28.2. The fourth-order valence-electron chi connectivity index (χ4n) is 4.80. The van der Waals surface area contributed by atoms with Crippen LogP contribution in [-0.2, 0) is 9.53 Å². The van der Waals surface area contributed by atoms with E-state index in [2.05, 4.69) is 15.6 Å². The van der Waals surface area contributed by atoms with Gasteiger partial charge in [0, 0.05) is 48.7 Å². The minimum absolute atomic E-state index is 0.00966. The van der Waals surface area contributed by atoms with E-state index in [0.717, 1.165) is 17.1 Å². The topological polar surface area (TPSA) is 124 Å². The number of rotatable bonds is 9. The number of amides is 1. The van der Waals surface area contributed by atoms with E-state index in [-0.39, 0.29) is 30.3 Å². The maximum atomic E-state index is 12.3. The Morgan fingerprint density at radius 1 is 1.10 bits per heavy atom. The van der Waals surface area contributed by atoms with Gasteiger partial charge in [-0.1, -0.05) is 6.07 Å². The van der Waals surface area contributed by atoms with E-state index < -0.39 is 4.92 Å². The zero-order valence-corrected chi connectivity index (χ0v) is 22.5. The summed E-state index contributed by atoms with van der Waals surface area (Å²) in [4.78, 5) is 29.7. The molecule has 12 heteroatoms. The first-order chi connectivity index (χ1) is 19.4. The maximum absolute atomic E-state index is 12.3. The zero-order valence-electron chi connectivity index (χ0n) is 21.7. The molecule has 40 heavy (non-hydrogen) atoms. The lowest BCUT2D eigenvalue weighted by molar-refractivity contribution is -0.384. The molecule has 5 rings (SSSR count). The van der Waals surface area contributed by atoms with Crippen LogP contribution in [0, 0.1) is 10.1 Å². The molecule has 0 bridgehead atoms. The first-order valence-electron chi connectivity index (χ1n) is 12.3. The molecule has 2 aromatic carbocycles. The van der Waals surface area contributed by atoms with Crippen LogP contribution in [-0.4, -0.2) is 46.3 Å². The molecule has 3 heterocycles. The lowest BCUT2D eigenvalue weighted by Gasteiger charge is -2.29. The predicted molar refractivity (Wildman–Crippen MR) is 154 cm³/mol. The molecule has 1 fully saturated rings. The van der Waals surface area contributed by atoms with E-state index in [0.29, 0.717) is 22.2 Å². The number of nitro benzene ring substituents is 1. The highest BCUT2D eigenvalue weighted by Crippen LogP contribution is 2.43. The van der Waals surface area contributed by atoms with Gasteiger partial charge in [0.15, 0.2) is 5.11 Å². The van der Waals surface area contributed by atoms with Crippen molar-refractivity contribution < 1.29 is 19.2 Å². The Morgan fingerprint density at radius 2 is 1.88 bits per heavy atom. The number of benzene rings is 2. The maximum Gasteiger partial charge on any atom is 0.269 e. The van der Waals surface area contributed by atoms with Crippen molar-refractivity contribution in [3.63, 3.8) is 0 Å². The average molecular weight is 559 g/mol. The molecule has 2 aromatic heterocycles. The number of nitro groups is 1. The summed E-state index contributed by atoms with van der Waals surface area (Å²) in [6.07, 6.45) is 3.63. The minimum atomic E-state index is -0.425. The van der Waals surface area contributed by atoms with Crippen LogP contribution in [0.1, 0.15) is 23.5 Å². The average Bonchev–Trinajstić information content (AvgIpc) is 3.58. The van der Waals surface area contributed by atoms with E-state index in [4.69, 9.17) is 21.7 Å². The predicted octanol–water partition coefficient (Wildman–Crippen LogP) is 4.55. The van der Waals surface area contributed by atoms with Gasteiger partial charge in [-0.05, 0) is 66.8 Å². The van der Waals surface area contributed by atoms with E-state index in [1.54, 1.807) is 30.5 Å². The number of aromatic nitrogens is 2. The Morgan fingerprint density at radius 3 is 2.55 bits per heavy atom. The van der Waals surface area contributed by atoms with Crippen molar-refractivity contribution in [2.24, 2.45) is 0 Å². The van der Waals surface area contributed by atoms with Gasteiger partial charge in [0.2, 0.25) is 5.91 Å². The second-order valence-electron chi connectivity index (χ2n) is 8.94. The Kier molecular flexibility index (Phi) is 7.71. The smallest absolute Gasteiger partial charge is 0.269 e. The molecular weight excluding hydrogens is 532 g/mol. The molecule has 1 saturated heterocycles. The lowest BCUT2D eigenvalue weighted by Crippen LogP contribution is -2.30. The highest BCUT2D eigenvalue weighted by atomic mass is 32.1. The van der Waals surface area contributed by atoms with Crippen LogP contribution in [0.15, 0.2) is 85.2 Å². The Balaban J connectivity index is 1.62. The molecular formula is C28H26N6O5S. The molecule has 11 nitrogen and oxygen atoms in total. The van der Waals surface area contributed by atoms with Crippen LogP contribution >= 0.6 is 12.2 Å². The molecule has 0 aliphatic carbocycles. The van der Waals surface area contributed by atoms with E-state index >= 15 is 0 Å². The first-order valence-corrected chi connectivity index (χ1v) is 12.7. The monoisotopic (exact) mass is 558 g/mol. The van der Waals surface area contributed by atoms with Gasteiger partial charge >= 0.3 is 0 Å². The van der Waals surface area contributed by atoms with Gasteiger partial charge < -0.3 is 29.6 Å². The standard InChI is InChI=1S/C28H26N6O5S/c1-38-17-25(35)30-22-16-20(12-13-24(22)39-2)33-27(26(31-28(33)40)21-6-3-4-14-29-21)23-7-5-15-32(23)18-8-10-19(11-9-18)34(36)37/h3-16,26-27H,17H2,1-2H3,(H,30,35)(H,31,40)/t26-,27+/m0/s1. The van der Waals surface area contributed by atoms with Gasteiger partial charge in [-0.25, -0.2) is 0 Å². The summed E-state index contributed by atoms with van der Waals surface area (Å²) in [5, 5.41) is 17.9. The Hall–Kier alpha value is -4.81. The van der Waals surface area contributed by atoms with E-state index in [1.807, 2.05) is 52.1 Å². The fraction of sp³-hybridized carbons (Fsp3) is 0.179.